The molecule has 8 heteroatoms. The summed E-state index contributed by atoms with van der Waals surface area (Å²) in [6, 6.07) is 4.20. The van der Waals surface area contributed by atoms with Crippen molar-refractivity contribution in [2.45, 2.75) is 63.8 Å². The van der Waals surface area contributed by atoms with Gasteiger partial charge in [0.25, 0.3) is 0 Å². The van der Waals surface area contributed by atoms with Gasteiger partial charge >= 0.3 is 0 Å². The summed E-state index contributed by atoms with van der Waals surface area (Å²) in [4.78, 5) is 19.5. The highest BCUT2D eigenvalue weighted by molar-refractivity contribution is 7.89. The van der Waals surface area contributed by atoms with Gasteiger partial charge in [-0.05, 0) is 50.3 Å². The summed E-state index contributed by atoms with van der Waals surface area (Å²) in [6.07, 6.45) is 4.69. The molecule has 154 valence electrons. The first kappa shape index (κ1) is 21.2. The quantitative estimate of drug-likeness (QED) is 0.768. The van der Waals surface area contributed by atoms with Crippen LogP contribution in [-0.4, -0.2) is 43.3 Å². The average Bonchev–Trinajstić information content (AvgIpc) is 2.81. The molecule has 1 saturated heterocycles. The van der Waals surface area contributed by atoms with E-state index in [0.29, 0.717) is 19.5 Å². The third-order valence-corrected chi connectivity index (χ3v) is 7.40. The maximum atomic E-state index is 13.1. The minimum Gasteiger partial charge on any atom is -0.341 e. The zero-order chi connectivity index (χ0) is 20.3. The molecule has 0 radical (unpaired) electrons. The van der Waals surface area contributed by atoms with E-state index >= 15 is 0 Å². The van der Waals surface area contributed by atoms with Gasteiger partial charge in [-0.3, -0.25) is 4.79 Å². The Morgan fingerprint density at radius 3 is 2.54 bits per heavy atom. The Kier molecular flexibility index (Phi) is 6.73. The molecule has 0 spiro atoms. The normalized spacial score (nSPS) is 17.1. The van der Waals surface area contributed by atoms with Crippen LogP contribution in [0.15, 0.2) is 23.1 Å². The molecule has 0 bridgehead atoms. The van der Waals surface area contributed by atoms with E-state index in [1.54, 1.807) is 18.2 Å². The van der Waals surface area contributed by atoms with E-state index < -0.39 is 16.1 Å². The van der Waals surface area contributed by atoms with E-state index in [1.807, 2.05) is 25.7 Å². The summed E-state index contributed by atoms with van der Waals surface area (Å²) >= 11 is 1.46. The molecule has 0 saturated carbocycles. The van der Waals surface area contributed by atoms with Crippen molar-refractivity contribution < 1.29 is 13.2 Å². The predicted molar refractivity (Wildman–Crippen MR) is 113 cm³/mol. The number of carbonyl (C=O) groups is 1. The van der Waals surface area contributed by atoms with Crippen LogP contribution in [0.5, 0.6) is 0 Å². The van der Waals surface area contributed by atoms with Gasteiger partial charge in [-0.2, -0.15) is 4.72 Å². The summed E-state index contributed by atoms with van der Waals surface area (Å²) in [5, 5.41) is 0.895. The predicted octanol–water partition coefficient (Wildman–Crippen LogP) is 3.70. The molecule has 1 aromatic heterocycles. The first-order chi connectivity index (χ1) is 13.3. The molecule has 1 atom stereocenters. The Hall–Kier alpha value is -1.51. The van der Waals surface area contributed by atoms with E-state index in [-0.39, 0.29) is 16.7 Å². The van der Waals surface area contributed by atoms with Crippen molar-refractivity contribution in [2.75, 3.05) is 13.1 Å². The average molecular weight is 424 g/mol. The molecule has 1 unspecified atom stereocenters. The highest BCUT2D eigenvalue weighted by Crippen LogP contribution is 2.25. The van der Waals surface area contributed by atoms with Crippen LogP contribution < -0.4 is 4.72 Å². The number of carbonyl (C=O) groups excluding carboxylic acids is 1. The highest BCUT2D eigenvalue weighted by atomic mass is 32.2. The summed E-state index contributed by atoms with van der Waals surface area (Å²) in [6.45, 7) is 7.32. The van der Waals surface area contributed by atoms with Crippen LogP contribution >= 0.6 is 11.3 Å². The van der Waals surface area contributed by atoms with Crippen LogP contribution in [0.2, 0.25) is 0 Å². The van der Waals surface area contributed by atoms with Crippen molar-refractivity contribution in [3.63, 3.8) is 0 Å². The van der Waals surface area contributed by atoms with Crippen LogP contribution in [0, 0.1) is 12.8 Å². The molecule has 2 heterocycles. The number of nitrogens with one attached hydrogen (secondary N) is 1. The lowest BCUT2D eigenvalue weighted by atomic mass is 10.0. The lowest BCUT2D eigenvalue weighted by Crippen LogP contribution is -2.49. The molecule has 1 fully saturated rings. The second-order valence-corrected chi connectivity index (χ2v) is 10.9. The van der Waals surface area contributed by atoms with E-state index in [4.69, 9.17) is 0 Å². The van der Waals surface area contributed by atoms with Crippen LogP contribution in [0.25, 0.3) is 10.2 Å². The van der Waals surface area contributed by atoms with Crippen molar-refractivity contribution in [3.8, 4) is 0 Å². The van der Waals surface area contributed by atoms with Gasteiger partial charge in [-0.25, -0.2) is 13.4 Å². The summed E-state index contributed by atoms with van der Waals surface area (Å²) in [5.74, 6) is 0.101. The molecule has 1 N–H and O–H groups in total. The molecule has 1 amide bonds. The minimum absolute atomic E-state index is 0.103. The topological polar surface area (TPSA) is 79.4 Å². The number of amides is 1. The fourth-order valence-electron chi connectivity index (χ4n) is 3.62. The second-order valence-electron chi connectivity index (χ2n) is 7.91. The summed E-state index contributed by atoms with van der Waals surface area (Å²) in [5.41, 5.74) is 0.792. The second kappa shape index (κ2) is 8.88. The van der Waals surface area contributed by atoms with Gasteiger partial charge in [0.1, 0.15) is 6.04 Å². The monoisotopic (exact) mass is 423 g/mol. The van der Waals surface area contributed by atoms with Crippen LogP contribution in [0.1, 0.15) is 51.0 Å². The number of aromatic nitrogens is 1. The van der Waals surface area contributed by atoms with Gasteiger partial charge in [-0.1, -0.05) is 26.7 Å². The van der Waals surface area contributed by atoms with E-state index in [2.05, 4.69) is 9.71 Å². The maximum Gasteiger partial charge on any atom is 0.241 e. The Morgan fingerprint density at radius 2 is 1.89 bits per heavy atom. The maximum absolute atomic E-state index is 13.1. The molecule has 3 rings (SSSR count). The number of benzene rings is 1. The van der Waals surface area contributed by atoms with Gasteiger partial charge in [-0.15, -0.1) is 11.3 Å². The smallest absolute Gasteiger partial charge is 0.241 e. The standard InChI is InChI=1S/C20H29N3O3S2/c1-14(2)12-18(20(24)23-10-6-4-5-7-11-23)22-28(25,26)16-8-9-17-19(13-16)27-15(3)21-17/h8-9,13-14,18,22H,4-7,10-12H2,1-3H3. The van der Waals surface area contributed by atoms with Gasteiger partial charge in [0.2, 0.25) is 15.9 Å². The minimum atomic E-state index is -3.80. The lowest BCUT2D eigenvalue weighted by Gasteiger charge is -2.27. The van der Waals surface area contributed by atoms with Crippen molar-refractivity contribution in [1.82, 2.24) is 14.6 Å². The first-order valence-corrected chi connectivity index (χ1v) is 12.2. The molecule has 28 heavy (non-hydrogen) atoms. The number of fused-ring (bicyclic) bond motifs is 1. The Bertz CT molecular complexity index is 929. The number of thiazole rings is 1. The van der Waals surface area contributed by atoms with Crippen LogP contribution in [-0.2, 0) is 14.8 Å². The number of hydrogen-bond acceptors (Lipinski definition) is 5. The van der Waals surface area contributed by atoms with Crippen molar-refractivity contribution in [1.29, 1.82) is 0 Å². The number of nitrogens with zero attached hydrogens (tertiary/aromatic N) is 2. The van der Waals surface area contributed by atoms with Gasteiger partial charge in [0, 0.05) is 13.1 Å². The molecule has 1 aliphatic heterocycles. The largest absolute Gasteiger partial charge is 0.341 e. The zero-order valence-electron chi connectivity index (χ0n) is 16.8. The Labute approximate surface area is 171 Å². The van der Waals surface area contributed by atoms with E-state index in [1.165, 1.54) is 11.3 Å². The fraction of sp³-hybridized carbons (Fsp3) is 0.600. The van der Waals surface area contributed by atoms with Crippen LogP contribution in [0.3, 0.4) is 0 Å². The summed E-state index contributed by atoms with van der Waals surface area (Å²) < 4.78 is 29.6. The van der Waals surface area contributed by atoms with E-state index in [0.717, 1.165) is 40.9 Å². The first-order valence-electron chi connectivity index (χ1n) is 9.94. The summed E-state index contributed by atoms with van der Waals surface area (Å²) in [7, 11) is -3.80. The zero-order valence-corrected chi connectivity index (χ0v) is 18.4. The van der Waals surface area contributed by atoms with Crippen molar-refractivity contribution >= 4 is 37.5 Å². The molecular formula is C20H29N3O3S2. The molecule has 1 aromatic carbocycles. The lowest BCUT2D eigenvalue weighted by molar-refractivity contribution is -0.133. The number of rotatable bonds is 6. The SMILES string of the molecule is Cc1nc2ccc(S(=O)(=O)NC(CC(C)C)C(=O)N3CCCCCC3)cc2s1. The molecular weight excluding hydrogens is 394 g/mol. The molecule has 2 aromatic rings. The van der Waals surface area contributed by atoms with Gasteiger partial charge in [0.05, 0.1) is 20.1 Å². The fourth-order valence-corrected chi connectivity index (χ4v) is 5.79. The third kappa shape index (κ3) is 5.10. The molecule has 6 nitrogen and oxygen atoms in total. The molecule has 1 aliphatic rings. The van der Waals surface area contributed by atoms with Crippen molar-refractivity contribution in [2.24, 2.45) is 5.92 Å². The number of sulfonamides is 1. The van der Waals surface area contributed by atoms with E-state index in [9.17, 15) is 13.2 Å². The Balaban J connectivity index is 1.84. The molecule has 0 aliphatic carbocycles. The Morgan fingerprint density at radius 1 is 1.21 bits per heavy atom. The highest BCUT2D eigenvalue weighted by Gasteiger charge is 2.30. The number of likely N-dealkylation sites (tertiary alicyclic amines) is 1. The number of hydrogen-bond donors (Lipinski definition) is 1. The van der Waals surface area contributed by atoms with Gasteiger partial charge in [0.15, 0.2) is 0 Å². The van der Waals surface area contributed by atoms with Gasteiger partial charge < -0.3 is 4.90 Å². The van der Waals surface area contributed by atoms with Crippen molar-refractivity contribution in [3.05, 3.63) is 23.2 Å². The number of aryl methyl sites for hydroxylation is 1. The third-order valence-electron chi connectivity index (χ3n) is 5.00. The van der Waals surface area contributed by atoms with Crippen LogP contribution in [0.4, 0.5) is 0 Å².